The highest BCUT2D eigenvalue weighted by Gasteiger charge is 2.49. The molecule has 10 heteroatoms. The maximum absolute atomic E-state index is 15.7. The number of aromatic nitrogens is 4. The monoisotopic (exact) mass is 482 g/mol. The molecule has 2 atom stereocenters. The van der Waals surface area contributed by atoms with Crippen LogP contribution in [-0.4, -0.2) is 56.2 Å². The van der Waals surface area contributed by atoms with Crippen molar-refractivity contribution in [1.29, 1.82) is 0 Å². The summed E-state index contributed by atoms with van der Waals surface area (Å²) in [5, 5.41) is 2.11. The van der Waals surface area contributed by atoms with Crippen molar-refractivity contribution < 1.29 is 13.5 Å². The number of hydrogen-bond donors (Lipinski definition) is 1. The number of ether oxygens (including phenoxy) is 1. The molecule has 3 aromatic heterocycles. The number of rotatable bonds is 4. The highest BCUT2D eigenvalue weighted by Crippen LogP contribution is 2.40. The first-order valence-corrected chi connectivity index (χ1v) is 11.5. The van der Waals surface area contributed by atoms with Crippen LogP contribution in [0.15, 0.2) is 36.7 Å². The van der Waals surface area contributed by atoms with Crippen LogP contribution in [0.2, 0.25) is 5.02 Å². The van der Waals surface area contributed by atoms with Gasteiger partial charge in [0, 0.05) is 36.1 Å². The number of nitrogens with two attached hydrogens (primary N) is 1. The van der Waals surface area contributed by atoms with Gasteiger partial charge in [0.25, 0.3) is 0 Å². The molecular formula is C24H21ClF2N6O. The number of halogens is 3. The van der Waals surface area contributed by atoms with Gasteiger partial charge in [0.2, 0.25) is 0 Å². The van der Waals surface area contributed by atoms with Gasteiger partial charge in [-0.3, -0.25) is 9.88 Å². The first-order valence-electron chi connectivity index (χ1n) is 11.1. The van der Waals surface area contributed by atoms with Gasteiger partial charge in [0.05, 0.1) is 10.6 Å². The van der Waals surface area contributed by atoms with Gasteiger partial charge in [-0.2, -0.15) is 4.98 Å². The summed E-state index contributed by atoms with van der Waals surface area (Å²) >= 11 is 6.41. The molecule has 0 amide bonds. The fourth-order valence-electron chi connectivity index (χ4n) is 5.29. The maximum Gasteiger partial charge on any atom is 0.317 e. The second kappa shape index (κ2) is 7.95. The van der Waals surface area contributed by atoms with Gasteiger partial charge < -0.3 is 10.5 Å². The van der Waals surface area contributed by atoms with E-state index in [4.69, 9.17) is 22.1 Å². The van der Waals surface area contributed by atoms with Gasteiger partial charge >= 0.3 is 6.01 Å². The molecule has 7 nitrogen and oxygen atoms in total. The number of nitrogens with zero attached hydrogens (tertiary/aromatic N) is 5. The van der Waals surface area contributed by atoms with Crippen LogP contribution in [0, 0.1) is 5.82 Å². The van der Waals surface area contributed by atoms with Crippen molar-refractivity contribution in [3.63, 3.8) is 0 Å². The molecule has 6 rings (SSSR count). The van der Waals surface area contributed by atoms with Crippen molar-refractivity contribution in [3.8, 4) is 17.4 Å². The molecule has 4 aromatic rings. The Hall–Kier alpha value is -3.17. The Morgan fingerprint density at radius 3 is 2.91 bits per heavy atom. The van der Waals surface area contributed by atoms with Crippen molar-refractivity contribution in [3.05, 3.63) is 47.5 Å². The number of nitrogen functional groups attached to an aromatic ring is 1. The lowest BCUT2D eigenvalue weighted by atomic mass is 9.95. The number of hydrogen-bond acceptors (Lipinski definition) is 7. The van der Waals surface area contributed by atoms with E-state index in [1.807, 2.05) is 6.07 Å². The Morgan fingerprint density at radius 2 is 2.03 bits per heavy atom. The van der Waals surface area contributed by atoms with Crippen LogP contribution < -0.4 is 10.5 Å². The average molecular weight is 483 g/mol. The molecule has 34 heavy (non-hydrogen) atoms. The van der Waals surface area contributed by atoms with Gasteiger partial charge in [-0.25, -0.2) is 18.7 Å². The minimum atomic E-state index is -0.861. The van der Waals surface area contributed by atoms with E-state index in [0.717, 1.165) is 24.8 Å². The lowest BCUT2D eigenvalue weighted by Gasteiger charge is -2.30. The molecule has 2 fully saturated rings. The molecule has 0 bridgehead atoms. The highest BCUT2D eigenvalue weighted by atomic mass is 35.5. The third-order valence-electron chi connectivity index (χ3n) is 6.83. The molecule has 2 aliphatic heterocycles. The topological polar surface area (TPSA) is 90.0 Å². The zero-order chi connectivity index (χ0) is 23.4. The summed E-state index contributed by atoms with van der Waals surface area (Å²) in [5.74, 6) is -0.449. The Morgan fingerprint density at radius 1 is 1.18 bits per heavy atom. The normalized spacial score (nSPS) is 22.5. The van der Waals surface area contributed by atoms with Crippen LogP contribution in [0.25, 0.3) is 33.1 Å². The molecule has 2 saturated heterocycles. The molecule has 1 aromatic carbocycles. The van der Waals surface area contributed by atoms with Gasteiger partial charge in [0.1, 0.15) is 35.5 Å². The molecule has 2 N–H and O–H groups in total. The summed E-state index contributed by atoms with van der Waals surface area (Å²) in [6.45, 7) is 1.54. The molecule has 0 unspecified atom stereocenters. The Balaban J connectivity index is 1.39. The second-order valence-electron chi connectivity index (χ2n) is 8.97. The van der Waals surface area contributed by atoms with Gasteiger partial charge in [-0.05, 0) is 36.9 Å². The van der Waals surface area contributed by atoms with E-state index in [2.05, 4.69) is 24.8 Å². The minimum absolute atomic E-state index is 0.0147. The number of benzene rings is 1. The van der Waals surface area contributed by atoms with Crippen LogP contribution in [0.1, 0.15) is 19.3 Å². The van der Waals surface area contributed by atoms with Gasteiger partial charge in [-0.15, -0.1) is 0 Å². The van der Waals surface area contributed by atoms with E-state index in [0.29, 0.717) is 28.8 Å². The van der Waals surface area contributed by atoms with Crippen molar-refractivity contribution in [2.45, 2.75) is 31.0 Å². The molecule has 0 spiro atoms. The molecule has 2 aliphatic rings. The van der Waals surface area contributed by atoms with E-state index in [9.17, 15) is 4.39 Å². The van der Waals surface area contributed by atoms with E-state index in [1.54, 1.807) is 18.2 Å². The summed E-state index contributed by atoms with van der Waals surface area (Å²) in [6, 6.07) is 7.03. The number of alkyl halides is 1. The summed E-state index contributed by atoms with van der Waals surface area (Å²) in [6.07, 6.45) is 4.37. The van der Waals surface area contributed by atoms with E-state index in [-0.39, 0.29) is 40.9 Å². The van der Waals surface area contributed by atoms with Crippen molar-refractivity contribution in [1.82, 2.24) is 24.8 Å². The molecule has 174 valence electrons. The third-order valence-corrected chi connectivity index (χ3v) is 7.14. The quantitative estimate of drug-likeness (QED) is 0.455. The highest BCUT2D eigenvalue weighted by molar-refractivity contribution is 6.36. The lowest BCUT2D eigenvalue weighted by molar-refractivity contribution is 0.107. The van der Waals surface area contributed by atoms with Crippen LogP contribution >= 0.6 is 11.6 Å². The lowest BCUT2D eigenvalue weighted by Crippen LogP contribution is -2.43. The van der Waals surface area contributed by atoms with E-state index >= 15 is 4.39 Å². The van der Waals surface area contributed by atoms with Gasteiger partial charge in [-0.1, -0.05) is 23.7 Å². The second-order valence-corrected chi connectivity index (χ2v) is 9.38. The van der Waals surface area contributed by atoms with Crippen molar-refractivity contribution >= 4 is 39.1 Å². The van der Waals surface area contributed by atoms with Crippen LogP contribution in [0.3, 0.4) is 0 Å². The van der Waals surface area contributed by atoms with E-state index < -0.39 is 12.0 Å². The molecule has 0 radical (unpaired) electrons. The number of anilines is 1. The summed E-state index contributed by atoms with van der Waals surface area (Å²) in [7, 11) is 0. The molecular weight excluding hydrogens is 462 g/mol. The zero-order valence-electron chi connectivity index (χ0n) is 18.1. The summed E-state index contributed by atoms with van der Waals surface area (Å²) < 4.78 is 35.7. The zero-order valence-corrected chi connectivity index (χ0v) is 18.9. The summed E-state index contributed by atoms with van der Waals surface area (Å²) in [5.41, 5.74) is 5.90. The predicted octanol–water partition coefficient (Wildman–Crippen LogP) is 4.57. The largest absolute Gasteiger partial charge is 0.461 e. The molecule has 0 saturated carbocycles. The fourth-order valence-corrected chi connectivity index (χ4v) is 5.56. The fraction of sp³-hybridized carbons (Fsp3) is 0.333. The van der Waals surface area contributed by atoms with Crippen molar-refractivity contribution in [2.24, 2.45) is 0 Å². The third kappa shape index (κ3) is 3.42. The van der Waals surface area contributed by atoms with Crippen molar-refractivity contribution in [2.75, 3.05) is 25.4 Å². The standard InChI is InChI=1S/C24H21ClF2N6O/c25-16-4-1-3-13-7-17(28)31-21(18(13)16)22-19(27)20-14(9-29-22)10-30-23(32-20)34-12-24-5-2-6-33(24)11-15(26)8-24/h1,3-4,7,9-10,15H,2,5-6,8,11-12H2,(H2,28,31)/t15-,24+/m1/s1. The minimum Gasteiger partial charge on any atom is -0.461 e. The number of pyridine rings is 2. The van der Waals surface area contributed by atoms with E-state index in [1.165, 1.54) is 12.4 Å². The SMILES string of the molecule is Nc1cc2cccc(Cl)c2c(-c2ncc3cnc(OC[C@@]45CCCN4C[C@H](F)C5)nc3c2F)n1. The maximum atomic E-state index is 15.7. The Bertz CT molecular complexity index is 1440. The summed E-state index contributed by atoms with van der Waals surface area (Å²) in [4.78, 5) is 19.3. The molecule has 0 aliphatic carbocycles. The van der Waals surface area contributed by atoms with Gasteiger partial charge in [0.15, 0.2) is 5.82 Å². The number of fused-ring (bicyclic) bond motifs is 3. The van der Waals surface area contributed by atoms with Crippen LogP contribution in [0.5, 0.6) is 6.01 Å². The predicted molar refractivity (Wildman–Crippen MR) is 126 cm³/mol. The van der Waals surface area contributed by atoms with Crippen LogP contribution in [-0.2, 0) is 0 Å². The molecule has 5 heterocycles. The van der Waals surface area contributed by atoms with Crippen LogP contribution in [0.4, 0.5) is 14.6 Å². The Kier molecular flexibility index (Phi) is 5.00. The first-order chi connectivity index (χ1) is 16.4. The Labute approximate surface area is 198 Å². The first kappa shape index (κ1) is 21.4. The average Bonchev–Trinajstić information content (AvgIpc) is 3.33. The smallest absolute Gasteiger partial charge is 0.317 e.